The van der Waals surface area contributed by atoms with Crippen LogP contribution in [0.3, 0.4) is 0 Å². The highest BCUT2D eigenvalue weighted by molar-refractivity contribution is 5.76. The van der Waals surface area contributed by atoms with Crippen molar-refractivity contribution in [2.24, 2.45) is 5.92 Å². The van der Waals surface area contributed by atoms with Crippen molar-refractivity contribution >= 4 is 5.91 Å². The Hall–Kier alpha value is -1.63. The summed E-state index contributed by atoms with van der Waals surface area (Å²) < 4.78 is 8.82. The fourth-order valence-electron chi connectivity index (χ4n) is 4.47. The van der Waals surface area contributed by atoms with Crippen molar-refractivity contribution < 1.29 is 9.53 Å². The van der Waals surface area contributed by atoms with Gasteiger partial charge in [0.2, 0.25) is 5.91 Å². The molecular weight excluding hydrogens is 308 g/mol. The molecule has 0 aromatic carbocycles. The summed E-state index contributed by atoms with van der Waals surface area (Å²) in [5.74, 6) is 1.15. The second-order valence-corrected chi connectivity index (χ2v) is 7.29. The van der Waals surface area contributed by atoms with Crippen LogP contribution in [-0.4, -0.2) is 39.0 Å². The Labute approximate surface area is 141 Å². The lowest BCUT2D eigenvalue weighted by atomic mass is 9.82. The van der Waals surface area contributed by atoms with Crippen LogP contribution in [0.15, 0.2) is 4.79 Å². The molecule has 7 nitrogen and oxygen atoms in total. The summed E-state index contributed by atoms with van der Waals surface area (Å²) in [6.07, 6.45) is 8.55. The molecule has 1 aromatic rings. The van der Waals surface area contributed by atoms with Crippen LogP contribution in [0.2, 0.25) is 0 Å². The number of amides is 1. The maximum Gasteiger partial charge on any atom is 0.346 e. The fourth-order valence-corrected chi connectivity index (χ4v) is 4.47. The van der Waals surface area contributed by atoms with Gasteiger partial charge in [0.15, 0.2) is 0 Å². The molecular formula is C17H26N4O3. The van der Waals surface area contributed by atoms with Gasteiger partial charge >= 0.3 is 5.69 Å². The quantitative estimate of drug-likeness (QED) is 0.889. The Balaban J connectivity index is 1.42. The lowest BCUT2D eigenvalue weighted by Gasteiger charge is -2.33. The number of fused-ring (bicyclic) bond motifs is 2. The SMILES string of the molecule is O=C(Cn1nc2n(c1=O)CCCCC2)NC1CCCC2OCCC12. The molecule has 132 valence electrons. The molecule has 1 aliphatic carbocycles. The number of nitrogens with one attached hydrogen (secondary N) is 1. The van der Waals surface area contributed by atoms with Gasteiger partial charge in [0.25, 0.3) is 0 Å². The Morgan fingerprint density at radius 3 is 3.04 bits per heavy atom. The van der Waals surface area contributed by atoms with E-state index in [0.717, 1.165) is 70.3 Å². The van der Waals surface area contributed by atoms with Crippen LogP contribution in [0.1, 0.15) is 50.8 Å². The standard InChI is InChI=1S/C17H26N4O3/c22-16(18-13-5-4-6-14-12(13)8-10-24-14)11-21-17(23)20-9-3-1-2-7-15(20)19-21/h12-14H,1-11H2,(H,18,22). The first-order chi connectivity index (χ1) is 11.7. The number of rotatable bonds is 3. The minimum Gasteiger partial charge on any atom is -0.378 e. The number of aromatic nitrogens is 3. The summed E-state index contributed by atoms with van der Waals surface area (Å²) in [6.45, 7) is 1.54. The summed E-state index contributed by atoms with van der Waals surface area (Å²) in [4.78, 5) is 24.9. The maximum absolute atomic E-state index is 12.4. The minimum absolute atomic E-state index is 0.0214. The highest BCUT2D eigenvalue weighted by atomic mass is 16.5. The summed E-state index contributed by atoms with van der Waals surface area (Å²) in [7, 11) is 0. The van der Waals surface area contributed by atoms with Crippen molar-refractivity contribution in [2.45, 2.75) is 76.6 Å². The van der Waals surface area contributed by atoms with Crippen LogP contribution >= 0.6 is 0 Å². The number of carbonyl (C=O) groups excluding carboxylic acids is 1. The van der Waals surface area contributed by atoms with Crippen molar-refractivity contribution in [1.82, 2.24) is 19.7 Å². The topological polar surface area (TPSA) is 78.2 Å². The third kappa shape index (κ3) is 3.01. The second kappa shape index (κ2) is 6.70. The van der Waals surface area contributed by atoms with Crippen molar-refractivity contribution in [3.8, 4) is 0 Å². The third-order valence-corrected chi connectivity index (χ3v) is 5.70. The van der Waals surface area contributed by atoms with E-state index in [1.807, 2.05) is 0 Å². The predicted molar refractivity (Wildman–Crippen MR) is 87.7 cm³/mol. The summed E-state index contributed by atoms with van der Waals surface area (Å²) in [5, 5.41) is 7.52. The van der Waals surface area contributed by atoms with E-state index in [0.29, 0.717) is 12.0 Å². The van der Waals surface area contributed by atoms with Gasteiger partial charge in [-0.1, -0.05) is 6.42 Å². The molecule has 2 aliphatic heterocycles. The summed E-state index contributed by atoms with van der Waals surface area (Å²) in [5.41, 5.74) is -0.146. The smallest absolute Gasteiger partial charge is 0.346 e. The van der Waals surface area contributed by atoms with E-state index in [-0.39, 0.29) is 24.2 Å². The first-order valence-corrected chi connectivity index (χ1v) is 9.30. The molecule has 2 fully saturated rings. The molecule has 3 unspecified atom stereocenters. The van der Waals surface area contributed by atoms with Gasteiger partial charge in [0.05, 0.1) is 6.10 Å². The molecule has 0 radical (unpaired) electrons. The lowest BCUT2D eigenvalue weighted by Crippen LogP contribution is -2.47. The molecule has 1 saturated carbocycles. The van der Waals surface area contributed by atoms with Crippen molar-refractivity contribution in [3.05, 3.63) is 16.3 Å². The van der Waals surface area contributed by atoms with E-state index in [1.54, 1.807) is 4.57 Å². The maximum atomic E-state index is 12.4. The van der Waals surface area contributed by atoms with Gasteiger partial charge in [-0.25, -0.2) is 9.48 Å². The van der Waals surface area contributed by atoms with Crippen molar-refractivity contribution in [1.29, 1.82) is 0 Å². The van der Waals surface area contributed by atoms with Crippen molar-refractivity contribution in [2.75, 3.05) is 6.61 Å². The molecule has 7 heteroatoms. The van der Waals surface area contributed by atoms with Crippen LogP contribution in [0.25, 0.3) is 0 Å². The average Bonchev–Trinajstić information content (AvgIpc) is 3.07. The van der Waals surface area contributed by atoms with Crippen molar-refractivity contribution in [3.63, 3.8) is 0 Å². The van der Waals surface area contributed by atoms with Gasteiger partial charge in [-0.3, -0.25) is 9.36 Å². The fraction of sp³-hybridized carbons (Fsp3) is 0.824. The number of aryl methyl sites for hydroxylation is 1. The number of ether oxygens (including phenoxy) is 1. The Morgan fingerprint density at radius 2 is 2.12 bits per heavy atom. The molecule has 3 heterocycles. The predicted octanol–water partition coefficient (Wildman–Crippen LogP) is 0.845. The van der Waals surface area contributed by atoms with Gasteiger partial charge in [-0.05, 0) is 38.5 Å². The van der Waals surface area contributed by atoms with E-state index >= 15 is 0 Å². The Bertz CT molecular complexity index is 665. The zero-order chi connectivity index (χ0) is 16.5. The monoisotopic (exact) mass is 334 g/mol. The number of carbonyl (C=O) groups is 1. The van der Waals surface area contributed by atoms with Gasteiger partial charge in [-0.2, -0.15) is 5.10 Å². The van der Waals surface area contributed by atoms with E-state index in [9.17, 15) is 9.59 Å². The molecule has 0 spiro atoms. The Morgan fingerprint density at radius 1 is 1.21 bits per heavy atom. The van der Waals surface area contributed by atoms with Gasteiger partial charge in [-0.15, -0.1) is 0 Å². The first-order valence-electron chi connectivity index (χ1n) is 9.30. The van der Waals surface area contributed by atoms with Crippen LogP contribution in [-0.2, 0) is 29.0 Å². The van der Waals surface area contributed by atoms with E-state index in [4.69, 9.17) is 4.74 Å². The van der Waals surface area contributed by atoms with Crippen LogP contribution in [0.4, 0.5) is 0 Å². The van der Waals surface area contributed by atoms with E-state index in [2.05, 4.69) is 10.4 Å². The summed E-state index contributed by atoms with van der Waals surface area (Å²) in [6, 6.07) is 0.176. The highest BCUT2D eigenvalue weighted by Crippen LogP contribution is 2.34. The molecule has 1 saturated heterocycles. The molecule has 0 bridgehead atoms. The largest absolute Gasteiger partial charge is 0.378 e. The molecule has 3 atom stereocenters. The zero-order valence-electron chi connectivity index (χ0n) is 14.1. The van der Waals surface area contributed by atoms with E-state index in [1.165, 1.54) is 4.68 Å². The number of hydrogen-bond donors (Lipinski definition) is 1. The zero-order valence-corrected chi connectivity index (χ0v) is 14.1. The first kappa shape index (κ1) is 15.9. The molecule has 3 aliphatic rings. The normalized spacial score (nSPS) is 29.6. The van der Waals surface area contributed by atoms with E-state index < -0.39 is 0 Å². The van der Waals surface area contributed by atoms with Gasteiger partial charge < -0.3 is 10.1 Å². The minimum atomic E-state index is -0.146. The van der Waals surface area contributed by atoms with Gasteiger partial charge in [0, 0.05) is 31.5 Å². The second-order valence-electron chi connectivity index (χ2n) is 7.29. The lowest BCUT2D eigenvalue weighted by molar-refractivity contribution is -0.123. The van der Waals surface area contributed by atoms with Crippen LogP contribution < -0.4 is 11.0 Å². The average molecular weight is 334 g/mol. The highest BCUT2D eigenvalue weighted by Gasteiger charge is 2.38. The molecule has 4 rings (SSSR count). The van der Waals surface area contributed by atoms with Crippen LogP contribution in [0, 0.1) is 5.92 Å². The number of nitrogens with zero attached hydrogens (tertiary/aromatic N) is 3. The third-order valence-electron chi connectivity index (χ3n) is 5.70. The Kier molecular flexibility index (Phi) is 4.43. The summed E-state index contributed by atoms with van der Waals surface area (Å²) >= 11 is 0. The molecule has 24 heavy (non-hydrogen) atoms. The number of hydrogen-bond acceptors (Lipinski definition) is 4. The van der Waals surface area contributed by atoms with Crippen LogP contribution in [0.5, 0.6) is 0 Å². The van der Waals surface area contributed by atoms with Gasteiger partial charge in [0.1, 0.15) is 12.4 Å². The molecule has 1 N–H and O–H groups in total. The molecule has 1 aromatic heterocycles. The molecule has 1 amide bonds.